The van der Waals surface area contributed by atoms with Gasteiger partial charge in [0.15, 0.2) is 6.29 Å². The minimum absolute atomic E-state index is 0.196. The van der Waals surface area contributed by atoms with E-state index >= 15 is 0 Å². The van der Waals surface area contributed by atoms with Crippen LogP contribution in [0.3, 0.4) is 0 Å². The normalized spacial score (nSPS) is 18.8. The number of nitrogens with one attached hydrogen (secondary N) is 1. The molecule has 0 aromatic heterocycles. The van der Waals surface area contributed by atoms with Crippen LogP contribution in [0.2, 0.25) is 0 Å². The van der Waals surface area contributed by atoms with E-state index in [0.717, 1.165) is 25.9 Å². The van der Waals surface area contributed by atoms with Crippen LogP contribution >= 0.6 is 0 Å². The molecule has 17 heavy (non-hydrogen) atoms. The molecular weight excluding hydrogens is 222 g/mol. The molecule has 100 valence electrons. The van der Waals surface area contributed by atoms with E-state index in [2.05, 4.69) is 10.2 Å². The monoisotopic (exact) mass is 245 g/mol. The van der Waals surface area contributed by atoms with Gasteiger partial charge in [-0.25, -0.2) is 0 Å². The Balaban J connectivity index is 2.16. The largest absolute Gasteiger partial charge is 0.369 e. The molecule has 0 radical (unpaired) electrons. The zero-order chi connectivity index (χ0) is 12.7. The van der Waals surface area contributed by atoms with E-state index in [1.807, 2.05) is 0 Å². The quantitative estimate of drug-likeness (QED) is 0.571. The van der Waals surface area contributed by atoms with Crippen molar-refractivity contribution in [1.82, 2.24) is 10.2 Å². The third-order valence-electron chi connectivity index (χ3n) is 3.07. The Kier molecular flexibility index (Phi) is 6.43. The number of carbonyl (C=O) groups excluding carboxylic acids is 1. The van der Waals surface area contributed by atoms with Crippen LogP contribution in [0.1, 0.15) is 12.8 Å². The molecule has 1 rings (SSSR count). The molecule has 0 atom stereocenters. The highest BCUT2D eigenvalue weighted by atomic mass is 16.7. The fourth-order valence-corrected chi connectivity index (χ4v) is 2.04. The summed E-state index contributed by atoms with van der Waals surface area (Å²) in [6.07, 6.45) is 1.85. The number of carbonyl (C=O) groups is 1. The molecule has 0 spiro atoms. The summed E-state index contributed by atoms with van der Waals surface area (Å²) >= 11 is 0. The number of methoxy groups -OCH3 is 2. The number of nitrogens with two attached hydrogens (primary N) is 1. The summed E-state index contributed by atoms with van der Waals surface area (Å²) in [6, 6.07) is 0.465. The van der Waals surface area contributed by atoms with Crippen LogP contribution in [0.4, 0.5) is 0 Å². The second-order valence-electron chi connectivity index (χ2n) is 4.33. The number of primary amides is 1. The Hall–Kier alpha value is -0.690. The molecule has 1 fully saturated rings. The molecule has 1 aliphatic heterocycles. The number of likely N-dealkylation sites (tertiary alicyclic amines) is 1. The van der Waals surface area contributed by atoms with Gasteiger partial charge in [-0.3, -0.25) is 9.69 Å². The van der Waals surface area contributed by atoms with Crippen LogP contribution in [0, 0.1) is 0 Å². The Bertz CT molecular complexity index is 226. The molecule has 0 bridgehead atoms. The predicted molar refractivity (Wildman–Crippen MR) is 64.5 cm³/mol. The first kappa shape index (κ1) is 14.4. The van der Waals surface area contributed by atoms with Gasteiger partial charge in [-0.1, -0.05) is 0 Å². The maximum atomic E-state index is 10.8. The average molecular weight is 245 g/mol. The number of hydrogen-bond donors (Lipinski definition) is 2. The smallest absolute Gasteiger partial charge is 0.231 e. The Morgan fingerprint density at radius 3 is 2.47 bits per heavy atom. The number of ether oxygens (including phenoxy) is 2. The average Bonchev–Trinajstić information content (AvgIpc) is 2.32. The fraction of sp³-hybridized carbons (Fsp3) is 0.909. The molecule has 0 aromatic carbocycles. The first-order chi connectivity index (χ1) is 8.15. The molecule has 0 aromatic rings. The number of piperidine rings is 1. The Morgan fingerprint density at radius 2 is 2.00 bits per heavy atom. The number of amides is 1. The van der Waals surface area contributed by atoms with E-state index in [0.29, 0.717) is 19.1 Å². The van der Waals surface area contributed by atoms with Gasteiger partial charge in [0, 0.05) is 39.9 Å². The van der Waals surface area contributed by atoms with E-state index in [-0.39, 0.29) is 12.2 Å². The zero-order valence-electron chi connectivity index (χ0n) is 10.6. The zero-order valence-corrected chi connectivity index (χ0v) is 10.6. The van der Waals surface area contributed by atoms with Gasteiger partial charge in [-0.15, -0.1) is 0 Å². The molecule has 6 nitrogen and oxygen atoms in total. The molecule has 0 aliphatic carbocycles. The lowest BCUT2D eigenvalue weighted by molar-refractivity contribution is -0.119. The van der Waals surface area contributed by atoms with Gasteiger partial charge in [-0.05, 0) is 12.8 Å². The molecule has 0 unspecified atom stereocenters. The summed E-state index contributed by atoms with van der Waals surface area (Å²) in [5, 5.41) is 3.40. The van der Waals surface area contributed by atoms with Crippen LogP contribution in [-0.4, -0.2) is 63.5 Å². The molecule has 3 N–H and O–H groups in total. The van der Waals surface area contributed by atoms with E-state index < -0.39 is 0 Å². The van der Waals surface area contributed by atoms with E-state index in [4.69, 9.17) is 15.2 Å². The highest BCUT2D eigenvalue weighted by Crippen LogP contribution is 2.09. The van der Waals surface area contributed by atoms with Crippen molar-refractivity contribution >= 4 is 5.91 Å². The number of nitrogens with zero attached hydrogens (tertiary/aromatic N) is 1. The van der Waals surface area contributed by atoms with Crippen molar-refractivity contribution in [3.8, 4) is 0 Å². The minimum atomic E-state index is -0.254. The SMILES string of the molecule is COC(CNC1CCN(CC(N)=O)CC1)OC. The van der Waals surface area contributed by atoms with Crippen molar-refractivity contribution in [2.24, 2.45) is 5.73 Å². The third-order valence-corrected chi connectivity index (χ3v) is 3.07. The first-order valence-corrected chi connectivity index (χ1v) is 5.95. The van der Waals surface area contributed by atoms with E-state index in [1.54, 1.807) is 14.2 Å². The van der Waals surface area contributed by atoms with Gasteiger partial charge in [0.25, 0.3) is 0 Å². The molecule has 0 saturated carbocycles. The summed E-state index contributed by atoms with van der Waals surface area (Å²) in [5.74, 6) is -0.254. The molecule has 1 amide bonds. The maximum Gasteiger partial charge on any atom is 0.231 e. The van der Waals surface area contributed by atoms with Crippen molar-refractivity contribution in [3.05, 3.63) is 0 Å². The number of rotatable bonds is 7. The molecular formula is C11H23N3O3. The van der Waals surface area contributed by atoms with Gasteiger partial charge in [0.1, 0.15) is 0 Å². The maximum absolute atomic E-state index is 10.8. The van der Waals surface area contributed by atoms with Crippen LogP contribution < -0.4 is 11.1 Å². The fourth-order valence-electron chi connectivity index (χ4n) is 2.04. The van der Waals surface area contributed by atoms with Gasteiger partial charge in [0.2, 0.25) is 5.91 Å². The molecule has 6 heteroatoms. The standard InChI is InChI=1S/C11H23N3O3/c1-16-11(17-2)7-13-9-3-5-14(6-4-9)8-10(12)15/h9,11,13H,3-8H2,1-2H3,(H2,12,15). The lowest BCUT2D eigenvalue weighted by atomic mass is 10.1. The van der Waals surface area contributed by atoms with Crippen LogP contribution in [-0.2, 0) is 14.3 Å². The van der Waals surface area contributed by atoms with Gasteiger partial charge in [0.05, 0.1) is 6.54 Å². The van der Waals surface area contributed by atoms with Crippen LogP contribution in [0.5, 0.6) is 0 Å². The van der Waals surface area contributed by atoms with Crippen molar-refractivity contribution in [2.75, 3.05) is 40.4 Å². The summed E-state index contributed by atoms with van der Waals surface area (Å²) in [6.45, 7) is 2.87. The lowest BCUT2D eigenvalue weighted by Crippen LogP contribution is -2.47. The van der Waals surface area contributed by atoms with E-state index in [1.165, 1.54) is 0 Å². The van der Waals surface area contributed by atoms with Gasteiger partial charge in [-0.2, -0.15) is 0 Å². The Labute approximate surface area is 102 Å². The second kappa shape index (κ2) is 7.60. The highest BCUT2D eigenvalue weighted by Gasteiger charge is 2.20. The van der Waals surface area contributed by atoms with Gasteiger partial charge < -0.3 is 20.5 Å². The summed E-state index contributed by atoms with van der Waals surface area (Å²) < 4.78 is 10.2. The third kappa shape index (κ3) is 5.45. The van der Waals surface area contributed by atoms with Crippen molar-refractivity contribution in [2.45, 2.75) is 25.2 Å². The van der Waals surface area contributed by atoms with Crippen LogP contribution in [0.15, 0.2) is 0 Å². The van der Waals surface area contributed by atoms with Crippen molar-refractivity contribution < 1.29 is 14.3 Å². The second-order valence-corrected chi connectivity index (χ2v) is 4.33. The molecule has 1 aliphatic rings. The predicted octanol–water partition coefficient (Wildman–Crippen LogP) is -0.855. The highest BCUT2D eigenvalue weighted by molar-refractivity contribution is 5.75. The summed E-state index contributed by atoms with van der Waals surface area (Å²) in [7, 11) is 3.26. The summed E-state index contributed by atoms with van der Waals surface area (Å²) in [4.78, 5) is 12.9. The summed E-state index contributed by atoms with van der Waals surface area (Å²) in [5.41, 5.74) is 5.16. The van der Waals surface area contributed by atoms with Gasteiger partial charge >= 0.3 is 0 Å². The molecule has 1 heterocycles. The minimum Gasteiger partial charge on any atom is -0.369 e. The lowest BCUT2D eigenvalue weighted by Gasteiger charge is -2.32. The van der Waals surface area contributed by atoms with Crippen LogP contribution in [0.25, 0.3) is 0 Å². The molecule has 1 saturated heterocycles. The number of hydrogen-bond acceptors (Lipinski definition) is 5. The Morgan fingerprint density at radius 1 is 1.41 bits per heavy atom. The topological polar surface area (TPSA) is 76.8 Å². The van der Waals surface area contributed by atoms with E-state index in [9.17, 15) is 4.79 Å². The van der Waals surface area contributed by atoms with Crippen molar-refractivity contribution in [3.63, 3.8) is 0 Å². The van der Waals surface area contributed by atoms with Crippen molar-refractivity contribution in [1.29, 1.82) is 0 Å². The first-order valence-electron chi connectivity index (χ1n) is 5.95.